The predicted octanol–water partition coefficient (Wildman–Crippen LogP) is 8.72. The number of carbonyl (C=O) groups is 3. The molecule has 4 fully saturated rings. The maximum absolute atomic E-state index is 15.1. The van der Waals surface area contributed by atoms with Gasteiger partial charge in [0.2, 0.25) is 0 Å². The van der Waals surface area contributed by atoms with Crippen LogP contribution in [0.1, 0.15) is 64.9 Å². The van der Waals surface area contributed by atoms with E-state index in [1.165, 1.54) is 48.5 Å². The second-order valence-corrected chi connectivity index (χ2v) is 15.6. The second kappa shape index (κ2) is 20.2. The van der Waals surface area contributed by atoms with Gasteiger partial charge in [0.05, 0.1) is 12.2 Å². The Labute approximate surface area is 360 Å². The first-order valence-corrected chi connectivity index (χ1v) is 20.0. The average Bonchev–Trinajstić information content (AvgIpc) is 4.06. The number of fused-ring (bicyclic) bond motifs is 3. The van der Waals surface area contributed by atoms with E-state index in [4.69, 9.17) is 47.3 Å². The number of pyridine rings is 1. The number of hydrogen-bond acceptors (Lipinski definition) is 10. The Kier molecular flexibility index (Phi) is 15.0. The Morgan fingerprint density at radius 2 is 1.58 bits per heavy atom. The van der Waals surface area contributed by atoms with E-state index in [0.717, 1.165) is 51.2 Å². The summed E-state index contributed by atoms with van der Waals surface area (Å²) in [6, 6.07) is 15.1. The fourth-order valence-corrected chi connectivity index (χ4v) is 7.56. The Balaban J connectivity index is 0.000000845. The number of piperidine rings is 3. The number of nitrogens with one attached hydrogen (secondary N) is 1. The lowest BCUT2D eigenvalue weighted by molar-refractivity contribution is -0.605. The van der Waals surface area contributed by atoms with Gasteiger partial charge >= 0.3 is 30.7 Å². The topological polar surface area (TPSA) is 151 Å². The van der Waals surface area contributed by atoms with Gasteiger partial charge in [-0.25, -0.2) is 18.8 Å². The molecule has 12 nitrogen and oxygen atoms in total. The number of alkyl halides is 5. The number of rotatable bonds is 15. The molecule has 0 amide bonds. The molecule has 4 aliphatic rings. The molecule has 1 aliphatic carbocycles. The number of hydrogen-bond donors (Lipinski definition) is 2. The van der Waals surface area contributed by atoms with E-state index >= 15 is 4.39 Å². The normalized spacial score (nSPS) is 19.1. The predicted molar refractivity (Wildman–Crippen MR) is 211 cm³/mol. The first-order valence-electron chi connectivity index (χ1n) is 19.3. The number of carboxylic acid groups (broad SMARTS) is 1. The van der Waals surface area contributed by atoms with Crippen molar-refractivity contribution in [2.45, 2.75) is 63.1 Å². The van der Waals surface area contributed by atoms with Crippen LogP contribution in [0.2, 0.25) is 10.0 Å². The standard InChI is InChI=1S/C40H38Cl2F3N3O7.C2HF3O2/c41-30-19-48(51)20-31(42)29(30)18-34(26-9-12-33(55-40(44)45)35(17-26)52-22-23-5-6-23)53-38(49)25-7-10-27(11-8-25)46-37(28-3-1-2-4-32(28)43)39(50)54-36-21-47-15-13-24(36)14-16-47;3-2(4,5)1(6)7/h1-4,7-12,17,19-20,23-24,34,36-37,40,46H,5-6,13-16,18,21-22H2;(H,6,7)/t34-,36-,37?;/m0./s1. The summed E-state index contributed by atoms with van der Waals surface area (Å²) < 4.78 is 96.3. The highest BCUT2D eigenvalue weighted by Crippen LogP contribution is 2.38. The number of aromatic nitrogens is 1. The summed E-state index contributed by atoms with van der Waals surface area (Å²) in [7, 11) is 0. The van der Waals surface area contributed by atoms with Crippen LogP contribution in [0.25, 0.3) is 0 Å². The Hall–Kier alpha value is -5.46. The van der Waals surface area contributed by atoms with E-state index in [1.54, 1.807) is 18.2 Å². The molecular formula is C42H39Cl2F6N3O9. The number of nitrogens with zero attached hydrogens (tertiary/aromatic N) is 2. The molecule has 332 valence electrons. The number of anilines is 1. The Morgan fingerprint density at radius 1 is 0.935 bits per heavy atom. The van der Waals surface area contributed by atoms with Gasteiger partial charge < -0.3 is 34.6 Å². The minimum absolute atomic E-state index is 0.0262. The molecule has 3 saturated heterocycles. The lowest BCUT2D eigenvalue weighted by atomic mass is 9.86. The molecule has 1 saturated carbocycles. The SMILES string of the molecule is O=C(O)C(F)(F)F.O=C(O[C@@H](Cc1c(Cl)c[n+]([O-])cc1Cl)c1ccc(OC(F)F)c(OCC2CC2)c1)c1ccc(NC(C(=O)O[C@H]2CN3CCC2CC3)c2ccccc2F)cc1. The number of halogens is 8. The maximum atomic E-state index is 15.1. The van der Waals surface area contributed by atoms with Crippen molar-refractivity contribution in [1.82, 2.24) is 4.90 Å². The van der Waals surface area contributed by atoms with Crippen molar-refractivity contribution < 1.29 is 69.5 Å². The number of esters is 2. The molecule has 0 spiro atoms. The largest absolute Gasteiger partial charge is 0.619 e. The molecule has 20 heteroatoms. The van der Waals surface area contributed by atoms with Gasteiger partial charge in [-0.2, -0.15) is 26.7 Å². The van der Waals surface area contributed by atoms with Crippen LogP contribution >= 0.6 is 23.2 Å². The Morgan fingerprint density at radius 3 is 2.15 bits per heavy atom. The second-order valence-electron chi connectivity index (χ2n) is 14.8. The van der Waals surface area contributed by atoms with Crippen LogP contribution in [0.3, 0.4) is 0 Å². The summed E-state index contributed by atoms with van der Waals surface area (Å²) in [5, 5.41) is 22.2. The quantitative estimate of drug-likeness (QED) is 0.0510. The van der Waals surface area contributed by atoms with Gasteiger partial charge in [0.1, 0.15) is 28.1 Å². The molecule has 2 N–H and O–H groups in total. The summed E-state index contributed by atoms with van der Waals surface area (Å²) in [5.41, 5.74) is 1.32. The first kappa shape index (κ1) is 46.1. The van der Waals surface area contributed by atoms with Gasteiger partial charge in [-0.1, -0.05) is 47.5 Å². The number of carboxylic acids is 1. The van der Waals surface area contributed by atoms with Gasteiger partial charge in [0.25, 0.3) is 0 Å². The highest BCUT2D eigenvalue weighted by molar-refractivity contribution is 6.35. The zero-order valence-corrected chi connectivity index (χ0v) is 34.0. The summed E-state index contributed by atoms with van der Waals surface area (Å²) in [6.45, 7) is -0.225. The molecule has 1 unspecified atom stereocenters. The molecule has 1 aromatic heterocycles. The van der Waals surface area contributed by atoms with Crippen LogP contribution in [0.4, 0.5) is 32.0 Å². The van der Waals surface area contributed by atoms with E-state index in [-0.39, 0.29) is 51.1 Å². The van der Waals surface area contributed by atoms with E-state index in [1.807, 2.05) is 0 Å². The van der Waals surface area contributed by atoms with Gasteiger partial charge in [0, 0.05) is 29.8 Å². The van der Waals surface area contributed by atoms with Crippen molar-refractivity contribution in [3.8, 4) is 11.5 Å². The van der Waals surface area contributed by atoms with Crippen LogP contribution < -0.4 is 19.5 Å². The Bertz CT molecular complexity index is 2200. The molecule has 3 aliphatic heterocycles. The molecule has 4 heterocycles. The monoisotopic (exact) mass is 913 g/mol. The van der Waals surface area contributed by atoms with E-state index in [2.05, 4.69) is 15.0 Å². The zero-order valence-electron chi connectivity index (χ0n) is 32.5. The fourth-order valence-electron chi connectivity index (χ4n) is 6.96. The van der Waals surface area contributed by atoms with Crippen LogP contribution in [-0.2, 0) is 25.5 Å². The molecule has 62 heavy (non-hydrogen) atoms. The van der Waals surface area contributed by atoms with Gasteiger partial charge in [-0.05, 0) is 98.6 Å². The summed E-state index contributed by atoms with van der Waals surface area (Å²) in [5.74, 6) is -4.29. The van der Waals surface area contributed by atoms with Crippen molar-refractivity contribution in [1.29, 1.82) is 0 Å². The number of carbonyl (C=O) groups excluding carboxylic acids is 2. The van der Waals surface area contributed by atoms with Crippen molar-refractivity contribution in [3.05, 3.63) is 122 Å². The number of ether oxygens (including phenoxy) is 4. The lowest BCUT2D eigenvalue weighted by Gasteiger charge is -2.44. The molecule has 2 bridgehead atoms. The lowest BCUT2D eigenvalue weighted by Crippen LogP contribution is -2.52. The highest BCUT2D eigenvalue weighted by Gasteiger charge is 2.39. The maximum Gasteiger partial charge on any atom is 0.490 e. The van der Waals surface area contributed by atoms with Crippen molar-refractivity contribution in [2.75, 3.05) is 31.6 Å². The highest BCUT2D eigenvalue weighted by atomic mass is 35.5. The first-order chi connectivity index (χ1) is 29.4. The summed E-state index contributed by atoms with van der Waals surface area (Å²) in [4.78, 5) is 38.5. The van der Waals surface area contributed by atoms with Gasteiger partial charge in [-0.15, -0.1) is 0 Å². The summed E-state index contributed by atoms with van der Waals surface area (Å²) in [6.07, 6.45) is -0.536. The van der Waals surface area contributed by atoms with Crippen molar-refractivity contribution in [3.63, 3.8) is 0 Å². The number of aliphatic carboxylic acids is 1. The van der Waals surface area contributed by atoms with Crippen LogP contribution in [0, 0.1) is 22.9 Å². The third-order valence-corrected chi connectivity index (χ3v) is 11.1. The zero-order chi connectivity index (χ0) is 44.7. The summed E-state index contributed by atoms with van der Waals surface area (Å²) >= 11 is 12.8. The average molecular weight is 915 g/mol. The third-order valence-electron chi connectivity index (χ3n) is 10.4. The van der Waals surface area contributed by atoms with Gasteiger partial charge in [-0.3, -0.25) is 4.90 Å². The molecule has 3 aromatic carbocycles. The minimum Gasteiger partial charge on any atom is -0.619 e. The smallest absolute Gasteiger partial charge is 0.490 e. The molecule has 0 radical (unpaired) electrons. The van der Waals surface area contributed by atoms with Crippen LogP contribution in [-0.4, -0.2) is 73.0 Å². The molecule has 3 atom stereocenters. The van der Waals surface area contributed by atoms with E-state index < -0.39 is 48.7 Å². The van der Waals surface area contributed by atoms with Crippen molar-refractivity contribution in [2.24, 2.45) is 11.8 Å². The van der Waals surface area contributed by atoms with E-state index in [9.17, 15) is 36.7 Å². The van der Waals surface area contributed by atoms with Gasteiger partial charge in [0.15, 0.2) is 29.9 Å². The van der Waals surface area contributed by atoms with Crippen LogP contribution in [0.5, 0.6) is 11.5 Å². The molecule has 8 rings (SSSR count). The number of benzene rings is 3. The van der Waals surface area contributed by atoms with Crippen LogP contribution in [0.15, 0.2) is 79.1 Å². The van der Waals surface area contributed by atoms with E-state index in [0.29, 0.717) is 40.6 Å². The van der Waals surface area contributed by atoms with Crippen molar-refractivity contribution >= 4 is 46.8 Å². The molecular weight excluding hydrogens is 875 g/mol. The third kappa shape index (κ3) is 12.3. The minimum atomic E-state index is -5.08. The fraction of sp³-hybridized carbons (Fsp3) is 0.381. The molecule has 4 aromatic rings.